The van der Waals surface area contributed by atoms with E-state index in [0.29, 0.717) is 0 Å². The lowest BCUT2D eigenvalue weighted by Gasteiger charge is -2.20. The molecule has 1 aromatic heterocycles. The average Bonchev–Trinajstić information content (AvgIpc) is 3.23. The van der Waals surface area contributed by atoms with Gasteiger partial charge in [-0.05, 0) is 25.0 Å². The first-order chi connectivity index (χ1) is 9.09. The molecule has 1 aliphatic carbocycles. The molecule has 0 amide bonds. The van der Waals surface area contributed by atoms with E-state index in [2.05, 4.69) is 4.98 Å². The average molecular weight is 276 g/mol. The van der Waals surface area contributed by atoms with Gasteiger partial charge in [0.25, 0.3) is 0 Å². The predicted octanol–water partition coefficient (Wildman–Crippen LogP) is 1.02. The van der Waals surface area contributed by atoms with Crippen LogP contribution < -0.4 is 0 Å². The molecule has 6 nitrogen and oxygen atoms in total. The van der Waals surface area contributed by atoms with Crippen molar-refractivity contribution in [1.29, 1.82) is 10.5 Å². The van der Waals surface area contributed by atoms with Crippen LogP contribution in [0.15, 0.2) is 23.2 Å². The Bertz CT molecular complexity index is 636. The highest BCUT2D eigenvalue weighted by Crippen LogP contribution is 2.31. The summed E-state index contributed by atoms with van der Waals surface area (Å²) in [7, 11) is -3.62. The lowest BCUT2D eigenvalue weighted by molar-refractivity contribution is 0.410. The van der Waals surface area contributed by atoms with Gasteiger partial charge >= 0.3 is 0 Å². The van der Waals surface area contributed by atoms with Crippen molar-refractivity contribution in [2.75, 3.05) is 6.54 Å². The highest BCUT2D eigenvalue weighted by molar-refractivity contribution is 7.89. The Kier molecular flexibility index (Phi) is 3.79. The third kappa shape index (κ3) is 2.90. The molecule has 0 unspecified atom stereocenters. The number of rotatable bonds is 5. The Morgan fingerprint density at radius 1 is 1.37 bits per heavy atom. The van der Waals surface area contributed by atoms with Gasteiger partial charge in [-0.25, -0.2) is 13.4 Å². The molecule has 0 saturated heterocycles. The molecule has 1 aromatic rings. The zero-order valence-electron chi connectivity index (χ0n) is 10.2. The van der Waals surface area contributed by atoms with Crippen LogP contribution in [0, 0.1) is 22.7 Å². The zero-order valence-corrected chi connectivity index (χ0v) is 11.0. The summed E-state index contributed by atoms with van der Waals surface area (Å²) < 4.78 is 26.2. The molecular formula is C12H12N4O2S. The number of hydrogen-bond acceptors (Lipinski definition) is 5. The SMILES string of the molecule is N#CCCN(C1CC1)S(=O)(=O)c1ccc(C#N)nc1. The molecule has 1 fully saturated rings. The van der Waals surface area contributed by atoms with Crippen molar-refractivity contribution in [3.05, 3.63) is 24.0 Å². The van der Waals surface area contributed by atoms with Gasteiger partial charge in [0.1, 0.15) is 16.7 Å². The van der Waals surface area contributed by atoms with E-state index in [0.717, 1.165) is 12.8 Å². The van der Waals surface area contributed by atoms with E-state index in [-0.39, 0.29) is 29.6 Å². The minimum absolute atomic E-state index is 0.00556. The third-order valence-electron chi connectivity index (χ3n) is 2.86. The van der Waals surface area contributed by atoms with Crippen LogP contribution in [0.2, 0.25) is 0 Å². The van der Waals surface area contributed by atoms with Crippen molar-refractivity contribution in [2.24, 2.45) is 0 Å². The van der Waals surface area contributed by atoms with Crippen molar-refractivity contribution >= 4 is 10.0 Å². The molecule has 1 aliphatic rings. The Morgan fingerprint density at radius 3 is 2.58 bits per heavy atom. The maximum Gasteiger partial charge on any atom is 0.244 e. The van der Waals surface area contributed by atoms with Crippen LogP contribution in [-0.2, 0) is 10.0 Å². The topological polar surface area (TPSA) is 97.9 Å². The summed E-state index contributed by atoms with van der Waals surface area (Å²) >= 11 is 0. The van der Waals surface area contributed by atoms with Gasteiger partial charge in [-0.1, -0.05) is 0 Å². The Labute approximate surface area is 112 Å². The fourth-order valence-electron chi connectivity index (χ4n) is 1.76. The quantitative estimate of drug-likeness (QED) is 0.799. The number of sulfonamides is 1. The van der Waals surface area contributed by atoms with E-state index in [1.165, 1.54) is 22.6 Å². The highest BCUT2D eigenvalue weighted by Gasteiger charge is 2.37. The summed E-state index contributed by atoms with van der Waals surface area (Å²) in [5.74, 6) is 0. The van der Waals surface area contributed by atoms with Crippen LogP contribution in [0.1, 0.15) is 25.0 Å². The molecule has 0 radical (unpaired) electrons. The number of aromatic nitrogens is 1. The van der Waals surface area contributed by atoms with E-state index in [1.807, 2.05) is 12.1 Å². The van der Waals surface area contributed by atoms with Gasteiger partial charge in [0, 0.05) is 25.2 Å². The first kappa shape index (κ1) is 13.5. The van der Waals surface area contributed by atoms with Crippen LogP contribution in [-0.4, -0.2) is 30.3 Å². The minimum atomic E-state index is -3.62. The van der Waals surface area contributed by atoms with E-state index >= 15 is 0 Å². The maximum atomic E-state index is 12.4. The van der Waals surface area contributed by atoms with Gasteiger partial charge < -0.3 is 0 Å². The number of nitrogens with zero attached hydrogens (tertiary/aromatic N) is 4. The molecule has 0 atom stereocenters. The molecule has 0 spiro atoms. The monoisotopic (exact) mass is 276 g/mol. The molecule has 19 heavy (non-hydrogen) atoms. The standard InChI is InChI=1S/C12H12N4O2S/c13-6-1-7-16(11-3-4-11)19(17,18)12-5-2-10(8-14)15-9-12/h2,5,9,11H,1,3-4,7H2. The van der Waals surface area contributed by atoms with Crippen molar-refractivity contribution in [2.45, 2.75) is 30.2 Å². The summed E-state index contributed by atoms with van der Waals surface area (Å²) in [4.78, 5) is 3.84. The molecule has 0 bridgehead atoms. The van der Waals surface area contributed by atoms with E-state index in [9.17, 15) is 8.42 Å². The highest BCUT2D eigenvalue weighted by atomic mass is 32.2. The molecule has 0 N–H and O–H groups in total. The van der Waals surface area contributed by atoms with Crippen molar-refractivity contribution in [3.8, 4) is 12.1 Å². The van der Waals surface area contributed by atoms with Crippen LogP contribution in [0.25, 0.3) is 0 Å². The minimum Gasteiger partial charge on any atom is -0.244 e. The normalized spacial score (nSPS) is 14.9. The van der Waals surface area contributed by atoms with E-state index in [4.69, 9.17) is 10.5 Å². The Hall–Kier alpha value is -1.96. The molecule has 98 valence electrons. The van der Waals surface area contributed by atoms with E-state index < -0.39 is 10.0 Å². The van der Waals surface area contributed by atoms with Crippen LogP contribution in [0.5, 0.6) is 0 Å². The van der Waals surface area contributed by atoms with Gasteiger partial charge in [-0.3, -0.25) is 0 Å². The first-order valence-corrected chi connectivity index (χ1v) is 7.28. The van der Waals surface area contributed by atoms with Gasteiger partial charge in [-0.2, -0.15) is 14.8 Å². The second kappa shape index (κ2) is 5.35. The fourth-order valence-corrected chi connectivity index (χ4v) is 3.39. The predicted molar refractivity (Wildman–Crippen MR) is 66.1 cm³/mol. The van der Waals surface area contributed by atoms with Crippen molar-refractivity contribution in [3.63, 3.8) is 0 Å². The molecule has 7 heteroatoms. The lowest BCUT2D eigenvalue weighted by Crippen LogP contribution is -2.34. The molecule has 1 heterocycles. The summed E-state index contributed by atoms with van der Waals surface area (Å²) in [6.45, 7) is 0.198. The maximum absolute atomic E-state index is 12.4. The molecule has 0 aliphatic heterocycles. The largest absolute Gasteiger partial charge is 0.244 e. The Balaban J connectivity index is 2.28. The summed E-state index contributed by atoms with van der Waals surface area (Å²) in [6.07, 6.45) is 3.01. The van der Waals surface area contributed by atoms with Crippen molar-refractivity contribution in [1.82, 2.24) is 9.29 Å². The molecule has 2 rings (SSSR count). The molecule has 0 aromatic carbocycles. The number of nitriles is 2. The third-order valence-corrected chi connectivity index (χ3v) is 4.79. The summed E-state index contributed by atoms with van der Waals surface area (Å²) in [5.41, 5.74) is 0.175. The van der Waals surface area contributed by atoms with Gasteiger partial charge in [0.2, 0.25) is 10.0 Å². The lowest BCUT2D eigenvalue weighted by atomic mass is 10.4. The zero-order chi connectivity index (χ0) is 13.9. The second-order valence-electron chi connectivity index (χ2n) is 4.25. The first-order valence-electron chi connectivity index (χ1n) is 5.84. The number of hydrogen-bond donors (Lipinski definition) is 0. The van der Waals surface area contributed by atoms with Crippen LogP contribution >= 0.6 is 0 Å². The fraction of sp³-hybridized carbons (Fsp3) is 0.417. The van der Waals surface area contributed by atoms with Crippen molar-refractivity contribution < 1.29 is 8.42 Å². The van der Waals surface area contributed by atoms with Gasteiger partial charge in [0.15, 0.2) is 0 Å². The smallest absolute Gasteiger partial charge is 0.244 e. The summed E-state index contributed by atoms with van der Waals surface area (Å²) in [5, 5.41) is 17.2. The van der Waals surface area contributed by atoms with Crippen LogP contribution in [0.3, 0.4) is 0 Å². The van der Waals surface area contributed by atoms with Gasteiger partial charge in [-0.15, -0.1) is 0 Å². The molecule has 1 saturated carbocycles. The summed E-state index contributed by atoms with van der Waals surface area (Å²) in [6, 6.07) is 6.55. The Morgan fingerprint density at radius 2 is 2.11 bits per heavy atom. The van der Waals surface area contributed by atoms with Gasteiger partial charge in [0.05, 0.1) is 6.07 Å². The number of pyridine rings is 1. The van der Waals surface area contributed by atoms with E-state index in [1.54, 1.807) is 0 Å². The second-order valence-corrected chi connectivity index (χ2v) is 6.14. The van der Waals surface area contributed by atoms with Crippen LogP contribution in [0.4, 0.5) is 0 Å². The molecular weight excluding hydrogens is 264 g/mol.